The molecule has 0 aliphatic carbocycles. The van der Waals surface area contributed by atoms with Crippen molar-refractivity contribution < 1.29 is 8.42 Å². The molecule has 3 aromatic rings. The van der Waals surface area contributed by atoms with Gasteiger partial charge >= 0.3 is 0 Å². The lowest BCUT2D eigenvalue weighted by atomic mass is 10.2. The first-order valence-corrected chi connectivity index (χ1v) is 7.93. The molecule has 0 atom stereocenters. The molecular weight excluding hydrogens is 304 g/mol. The lowest BCUT2D eigenvalue weighted by Gasteiger charge is -2.04. The Morgan fingerprint density at radius 1 is 1.27 bits per heavy atom. The second kappa shape index (κ2) is 5.26. The SMILES string of the molecule is Cc1c(S(=O)(=O)Nc2cc(-c3ccncc3)[nH]n2)cnn1C. The van der Waals surface area contributed by atoms with Gasteiger partial charge in [-0.3, -0.25) is 19.5 Å². The zero-order chi connectivity index (χ0) is 15.7. The molecule has 0 amide bonds. The lowest BCUT2D eigenvalue weighted by Crippen LogP contribution is -2.14. The van der Waals surface area contributed by atoms with Gasteiger partial charge in [-0.1, -0.05) is 0 Å². The zero-order valence-electron chi connectivity index (χ0n) is 12.0. The Kier molecular flexibility index (Phi) is 3.41. The normalized spacial score (nSPS) is 11.5. The van der Waals surface area contributed by atoms with Gasteiger partial charge < -0.3 is 0 Å². The molecule has 0 aliphatic heterocycles. The van der Waals surface area contributed by atoms with Crippen LogP contribution in [0.3, 0.4) is 0 Å². The number of pyridine rings is 1. The Labute approximate surface area is 127 Å². The van der Waals surface area contributed by atoms with Crippen LogP contribution < -0.4 is 4.72 Å². The summed E-state index contributed by atoms with van der Waals surface area (Å²) < 4.78 is 28.6. The van der Waals surface area contributed by atoms with E-state index in [1.165, 1.54) is 10.9 Å². The second-order valence-corrected chi connectivity index (χ2v) is 6.38. The van der Waals surface area contributed by atoms with Gasteiger partial charge in [0.1, 0.15) is 4.90 Å². The minimum absolute atomic E-state index is 0.128. The molecule has 0 bridgehead atoms. The van der Waals surface area contributed by atoms with Crippen molar-refractivity contribution in [2.45, 2.75) is 11.8 Å². The van der Waals surface area contributed by atoms with E-state index < -0.39 is 10.0 Å². The lowest BCUT2D eigenvalue weighted by molar-refractivity contribution is 0.600. The van der Waals surface area contributed by atoms with Crippen molar-refractivity contribution in [3.05, 3.63) is 42.5 Å². The van der Waals surface area contributed by atoms with Crippen LogP contribution in [0.1, 0.15) is 5.69 Å². The molecule has 3 heterocycles. The van der Waals surface area contributed by atoms with Crippen LogP contribution in [-0.4, -0.2) is 33.4 Å². The number of sulfonamides is 1. The topological polar surface area (TPSA) is 106 Å². The number of nitrogens with one attached hydrogen (secondary N) is 2. The molecule has 0 radical (unpaired) electrons. The van der Waals surface area contributed by atoms with Crippen LogP contribution in [0.2, 0.25) is 0 Å². The smallest absolute Gasteiger partial charge is 0.266 e. The zero-order valence-corrected chi connectivity index (χ0v) is 12.8. The number of aromatic amines is 1. The minimum atomic E-state index is -3.72. The summed E-state index contributed by atoms with van der Waals surface area (Å²) in [5.41, 5.74) is 2.12. The summed E-state index contributed by atoms with van der Waals surface area (Å²) in [5, 5.41) is 10.7. The second-order valence-electron chi connectivity index (χ2n) is 4.73. The van der Waals surface area contributed by atoms with Gasteiger partial charge in [0.25, 0.3) is 10.0 Å². The highest BCUT2D eigenvalue weighted by Gasteiger charge is 2.21. The Hall–Kier alpha value is -2.68. The maximum Gasteiger partial charge on any atom is 0.266 e. The van der Waals surface area contributed by atoms with Gasteiger partial charge in [0.2, 0.25) is 0 Å². The molecule has 8 nitrogen and oxygen atoms in total. The highest BCUT2D eigenvalue weighted by molar-refractivity contribution is 7.92. The number of aromatic nitrogens is 5. The Balaban J connectivity index is 1.88. The Morgan fingerprint density at radius 2 is 2.00 bits per heavy atom. The fourth-order valence-electron chi connectivity index (χ4n) is 1.99. The van der Waals surface area contributed by atoms with Gasteiger partial charge in [0, 0.05) is 31.1 Å². The van der Waals surface area contributed by atoms with Crippen molar-refractivity contribution in [2.75, 3.05) is 4.72 Å². The molecule has 2 N–H and O–H groups in total. The number of rotatable bonds is 4. The van der Waals surface area contributed by atoms with Gasteiger partial charge in [-0.05, 0) is 19.1 Å². The molecular formula is C13H14N6O2S. The maximum atomic E-state index is 12.4. The minimum Gasteiger partial charge on any atom is -0.276 e. The van der Waals surface area contributed by atoms with Crippen molar-refractivity contribution in [3.63, 3.8) is 0 Å². The number of hydrogen-bond donors (Lipinski definition) is 2. The van der Waals surface area contributed by atoms with E-state index >= 15 is 0 Å². The largest absolute Gasteiger partial charge is 0.276 e. The fraction of sp³-hybridized carbons (Fsp3) is 0.154. The van der Waals surface area contributed by atoms with Crippen LogP contribution in [0.5, 0.6) is 0 Å². The van der Waals surface area contributed by atoms with E-state index in [1.54, 1.807) is 44.6 Å². The van der Waals surface area contributed by atoms with Crippen LogP contribution in [0.4, 0.5) is 5.82 Å². The van der Waals surface area contributed by atoms with E-state index in [1.807, 2.05) is 0 Å². The van der Waals surface area contributed by atoms with Crippen molar-refractivity contribution >= 4 is 15.8 Å². The molecule has 3 aromatic heterocycles. The predicted octanol–water partition coefficient (Wildman–Crippen LogP) is 1.31. The molecule has 114 valence electrons. The van der Waals surface area contributed by atoms with Crippen LogP contribution in [0, 0.1) is 6.92 Å². The van der Waals surface area contributed by atoms with E-state index in [0.29, 0.717) is 11.4 Å². The summed E-state index contributed by atoms with van der Waals surface area (Å²) in [6, 6.07) is 5.23. The van der Waals surface area contributed by atoms with Crippen molar-refractivity contribution in [2.24, 2.45) is 7.05 Å². The summed E-state index contributed by atoms with van der Waals surface area (Å²) in [5.74, 6) is 0.218. The molecule has 0 aliphatic rings. The van der Waals surface area contributed by atoms with Gasteiger partial charge in [-0.15, -0.1) is 0 Å². The summed E-state index contributed by atoms with van der Waals surface area (Å²) in [6.07, 6.45) is 4.62. The van der Waals surface area contributed by atoms with Crippen LogP contribution in [0.15, 0.2) is 41.7 Å². The van der Waals surface area contributed by atoms with Crippen molar-refractivity contribution in [1.82, 2.24) is 25.0 Å². The summed E-state index contributed by atoms with van der Waals surface area (Å²) in [7, 11) is -2.04. The number of hydrogen-bond acceptors (Lipinski definition) is 5. The van der Waals surface area contributed by atoms with Crippen molar-refractivity contribution in [3.8, 4) is 11.3 Å². The third-order valence-electron chi connectivity index (χ3n) is 3.29. The maximum absolute atomic E-state index is 12.4. The van der Waals surface area contributed by atoms with E-state index in [2.05, 4.69) is 25.0 Å². The Bertz CT molecular complexity index is 898. The van der Waals surface area contributed by atoms with E-state index in [4.69, 9.17) is 0 Å². The summed E-state index contributed by atoms with van der Waals surface area (Å²) in [4.78, 5) is 4.06. The van der Waals surface area contributed by atoms with Crippen LogP contribution in [-0.2, 0) is 17.1 Å². The third kappa shape index (κ3) is 2.58. The molecule has 0 fully saturated rings. The third-order valence-corrected chi connectivity index (χ3v) is 4.75. The van der Waals surface area contributed by atoms with Crippen LogP contribution in [0.25, 0.3) is 11.3 Å². The molecule has 0 spiro atoms. The number of nitrogens with zero attached hydrogens (tertiary/aromatic N) is 4. The fourth-order valence-corrected chi connectivity index (χ4v) is 3.19. The summed E-state index contributed by atoms with van der Waals surface area (Å²) in [6.45, 7) is 1.69. The molecule has 0 aromatic carbocycles. The van der Waals surface area contributed by atoms with E-state index in [9.17, 15) is 8.42 Å². The quantitative estimate of drug-likeness (QED) is 0.754. The van der Waals surface area contributed by atoms with Crippen molar-refractivity contribution in [1.29, 1.82) is 0 Å². The average molecular weight is 318 g/mol. The molecule has 0 saturated carbocycles. The standard InChI is InChI=1S/C13H14N6O2S/c1-9-12(8-15-19(9)2)22(20,21)18-13-7-11(16-17-13)10-3-5-14-6-4-10/h3-8H,1-2H3,(H2,16,17,18). The first-order chi connectivity index (χ1) is 10.5. The number of H-pyrrole nitrogens is 1. The first kappa shape index (κ1) is 14.3. The Morgan fingerprint density at radius 3 is 2.64 bits per heavy atom. The molecule has 0 saturated heterocycles. The molecule has 3 rings (SSSR count). The van der Waals surface area contributed by atoms with Gasteiger partial charge in [-0.2, -0.15) is 10.2 Å². The van der Waals surface area contributed by atoms with Crippen LogP contribution >= 0.6 is 0 Å². The molecule has 22 heavy (non-hydrogen) atoms. The summed E-state index contributed by atoms with van der Waals surface area (Å²) >= 11 is 0. The van der Waals surface area contributed by atoms with E-state index in [-0.39, 0.29) is 10.7 Å². The van der Waals surface area contributed by atoms with Gasteiger partial charge in [0.15, 0.2) is 5.82 Å². The molecule has 9 heteroatoms. The molecule has 0 unspecified atom stereocenters. The average Bonchev–Trinajstić information content (AvgIpc) is 3.08. The van der Waals surface area contributed by atoms with Gasteiger partial charge in [0.05, 0.1) is 17.6 Å². The first-order valence-electron chi connectivity index (χ1n) is 6.44. The monoisotopic (exact) mass is 318 g/mol. The van der Waals surface area contributed by atoms with Gasteiger partial charge in [-0.25, -0.2) is 8.42 Å². The highest BCUT2D eigenvalue weighted by atomic mass is 32.2. The number of anilines is 1. The van der Waals surface area contributed by atoms with E-state index in [0.717, 1.165) is 5.56 Å². The number of aryl methyl sites for hydroxylation is 1. The predicted molar refractivity (Wildman–Crippen MR) is 80.6 cm³/mol. The highest BCUT2D eigenvalue weighted by Crippen LogP contribution is 2.21.